The zero-order valence-corrected chi connectivity index (χ0v) is 13.2. The van der Waals surface area contributed by atoms with E-state index in [0.29, 0.717) is 5.41 Å². The highest BCUT2D eigenvalue weighted by atomic mass is 16.5. The quantitative estimate of drug-likeness (QED) is 0.614. The Balaban J connectivity index is 0.000000280. The van der Waals surface area contributed by atoms with Gasteiger partial charge in [0.15, 0.2) is 0 Å². The van der Waals surface area contributed by atoms with Gasteiger partial charge in [-0.05, 0) is 25.3 Å². The Morgan fingerprint density at radius 1 is 0.889 bits per heavy atom. The Morgan fingerprint density at radius 2 is 1.33 bits per heavy atom. The van der Waals surface area contributed by atoms with Crippen molar-refractivity contribution in [3.8, 4) is 5.75 Å². The third-order valence-corrected chi connectivity index (χ3v) is 3.43. The van der Waals surface area contributed by atoms with Crippen LogP contribution in [-0.4, -0.2) is 5.60 Å². The molecular weight excluding hydrogens is 220 g/mol. The van der Waals surface area contributed by atoms with Gasteiger partial charge < -0.3 is 4.74 Å². The molecule has 0 spiro atoms. The summed E-state index contributed by atoms with van der Waals surface area (Å²) in [6, 6.07) is 8.30. The van der Waals surface area contributed by atoms with Crippen molar-refractivity contribution in [3.05, 3.63) is 29.8 Å². The summed E-state index contributed by atoms with van der Waals surface area (Å²) in [7, 11) is 0. The van der Waals surface area contributed by atoms with E-state index >= 15 is 0 Å². The third kappa shape index (κ3) is 3.28. The number of hydrogen-bond acceptors (Lipinski definition) is 1. The van der Waals surface area contributed by atoms with Gasteiger partial charge in [0.1, 0.15) is 11.4 Å². The second-order valence-corrected chi connectivity index (χ2v) is 7.73. The molecule has 0 aliphatic carbocycles. The average Bonchev–Trinajstić information content (AvgIpc) is 2.31. The molecule has 18 heavy (non-hydrogen) atoms. The lowest BCUT2D eigenvalue weighted by molar-refractivity contribution is 0.0712. The van der Waals surface area contributed by atoms with E-state index in [0.717, 1.165) is 5.75 Å². The summed E-state index contributed by atoms with van der Waals surface area (Å²) >= 11 is 0. The van der Waals surface area contributed by atoms with Crippen LogP contribution in [0, 0.1) is 5.41 Å². The molecule has 1 nitrogen and oxygen atoms in total. The molecule has 1 aromatic carbocycles. The van der Waals surface area contributed by atoms with Crippen LogP contribution >= 0.6 is 0 Å². The normalized spacial score (nSPS) is 19.3. The van der Waals surface area contributed by atoms with Crippen LogP contribution in [0.25, 0.3) is 0 Å². The fourth-order valence-corrected chi connectivity index (χ4v) is 1.80. The van der Waals surface area contributed by atoms with Crippen molar-refractivity contribution < 1.29 is 4.74 Å². The molecule has 0 radical (unpaired) electrons. The van der Waals surface area contributed by atoms with E-state index in [-0.39, 0.29) is 11.0 Å². The number of para-hydroxylation sites is 1. The lowest BCUT2D eigenvalue weighted by atomic mass is 9.74. The molecule has 0 N–H and O–H groups in total. The summed E-state index contributed by atoms with van der Waals surface area (Å²) in [6.45, 7) is 17.5. The fourth-order valence-electron chi connectivity index (χ4n) is 1.80. The third-order valence-electron chi connectivity index (χ3n) is 3.43. The van der Waals surface area contributed by atoms with E-state index in [2.05, 4.69) is 67.5 Å². The molecule has 102 valence electrons. The molecule has 1 heteroatoms. The summed E-state index contributed by atoms with van der Waals surface area (Å²) in [5.74, 6) is 1.04. The Morgan fingerprint density at radius 3 is 1.78 bits per heavy atom. The summed E-state index contributed by atoms with van der Waals surface area (Å²) in [6.07, 6.45) is 0. The molecule has 1 aliphatic rings. The summed E-state index contributed by atoms with van der Waals surface area (Å²) < 4.78 is 5.91. The highest BCUT2D eigenvalue weighted by Crippen LogP contribution is 2.48. The van der Waals surface area contributed by atoms with Crippen LogP contribution in [0.3, 0.4) is 0 Å². The second kappa shape index (κ2) is 4.60. The molecule has 2 rings (SSSR count). The van der Waals surface area contributed by atoms with Crippen molar-refractivity contribution >= 4 is 0 Å². The number of ether oxygens (including phenoxy) is 1. The van der Waals surface area contributed by atoms with Crippen LogP contribution < -0.4 is 4.74 Å². The van der Waals surface area contributed by atoms with Crippen molar-refractivity contribution in [3.63, 3.8) is 0 Å². The van der Waals surface area contributed by atoms with Crippen LogP contribution in [0.2, 0.25) is 0 Å². The Kier molecular flexibility index (Phi) is 3.86. The van der Waals surface area contributed by atoms with Crippen molar-refractivity contribution in [1.29, 1.82) is 0 Å². The van der Waals surface area contributed by atoms with Gasteiger partial charge in [-0.25, -0.2) is 0 Å². The molecule has 1 heterocycles. The highest BCUT2D eigenvalue weighted by molar-refractivity contribution is 5.45. The predicted octanol–water partition coefficient (Wildman–Crippen LogP) is 5.19. The molecule has 0 aromatic heterocycles. The summed E-state index contributed by atoms with van der Waals surface area (Å²) in [5, 5.41) is 0. The fraction of sp³-hybridized carbons (Fsp3) is 0.647. The molecule has 0 amide bonds. The average molecular weight is 248 g/mol. The highest BCUT2D eigenvalue weighted by Gasteiger charge is 2.47. The predicted molar refractivity (Wildman–Crippen MR) is 79.3 cm³/mol. The Hall–Kier alpha value is -0.980. The molecule has 0 saturated carbocycles. The Labute approximate surface area is 113 Å². The number of benzene rings is 1. The topological polar surface area (TPSA) is 9.23 Å². The van der Waals surface area contributed by atoms with Gasteiger partial charge in [0, 0.05) is 11.0 Å². The van der Waals surface area contributed by atoms with Crippen LogP contribution in [0.4, 0.5) is 0 Å². The van der Waals surface area contributed by atoms with E-state index in [4.69, 9.17) is 4.74 Å². The second-order valence-electron chi connectivity index (χ2n) is 7.73. The minimum Gasteiger partial charge on any atom is -0.487 e. The molecule has 0 atom stereocenters. The lowest BCUT2D eigenvalue weighted by Gasteiger charge is -2.33. The minimum atomic E-state index is -0.101. The van der Waals surface area contributed by atoms with Gasteiger partial charge in [0.25, 0.3) is 0 Å². The van der Waals surface area contributed by atoms with Crippen LogP contribution in [0.1, 0.15) is 61.0 Å². The molecular formula is C17H28O. The SMILES string of the molecule is CC(C)(C)C.CC1(C)Oc2ccccc2C1(C)C. The first kappa shape index (κ1) is 15.1. The van der Waals surface area contributed by atoms with Crippen molar-refractivity contribution in [2.24, 2.45) is 5.41 Å². The van der Waals surface area contributed by atoms with E-state index in [1.807, 2.05) is 12.1 Å². The monoisotopic (exact) mass is 248 g/mol. The van der Waals surface area contributed by atoms with E-state index < -0.39 is 0 Å². The van der Waals surface area contributed by atoms with E-state index in [9.17, 15) is 0 Å². The molecule has 0 fully saturated rings. The van der Waals surface area contributed by atoms with E-state index in [1.54, 1.807) is 0 Å². The van der Waals surface area contributed by atoms with Crippen LogP contribution in [0.5, 0.6) is 5.75 Å². The lowest BCUT2D eigenvalue weighted by Crippen LogP contribution is -2.41. The van der Waals surface area contributed by atoms with Gasteiger partial charge in [-0.3, -0.25) is 0 Å². The van der Waals surface area contributed by atoms with Gasteiger partial charge in [-0.1, -0.05) is 59.7 Å². The smallest absolute Gasteiger partial charge is 0.124 e. The standard InChI is InChI=1S/C12H16O.C5H12/c1-11(2)9-7-5-6-8-10(9)13-12(11,3)4;1-5(2,3)4/h5-8H,1-4H3;1-4H3. The van der Waals surface area contributed by atoms with Crippen LogP contribution in [0.15, 0.2) is 24.3 Å². The first-order valence-corrected chi connectivity index (χ1v) is 6.74. The first-order valence-electron chi connectivity index (χ1n) is 6.74. The van der Waals surface area contributed by atoms with Crippen molar-refractivity contribution in [2.45, 2.75) is 66.4 Å². The molecule has 0 saturated heterocycles. The Bertz CT molecular complexity index is 402. The van der Waals surface area contributed by atoms with Crippen molar-refractivity contribution in [2.75, 3.05) is 0 Å². The first-order chi connectivity index (χ1) is 7.95. The number of fused-ring (bicyclic) bond motifs is 1. The van der Waals surface area contributed by atoms with Gasteiger partial charge in [0.05, 0.1) is 0 Å². The summed E-state index contributed by atoms with van der Waals surface area (Å²) in [5.41, 5.74) is 1.82. The maximum absolute atomic E-state index is 5.91. The minimum absolute atomic E-state index is 0.101. The van der Waals surface area contributed by atoms with Gasteiger partial charge in [-0.15, -0.1) is 0 Å². The van der Waals surface area contributed by atoms with E-state index in [1.165, 1.54) is 5.56 Å². The maximum atomic E-state index is 5.91. The van der Waals surface area contributed by atoms with Gasteiger partial charge in [-0.2, -0.15) is 0 Å². The largest absolute Gasteiger partial charge is 0.487 e. The van der Waals surface area contributed by atoms with Crippen molar-refractivity contribution in [1.82, 2.24) is 0 Å². The molecule has 0 unspecified atom stereocenters. The van der Waals surface area contributed by atoms with Gasteiger partial charge >= 0.3 is 0 Å². The summed E-state index contributed by atoms with van der Waals surface area (Å²) in [4.78, 5) is 0. The number of hydrogen-bond donors (Lipinski definition) is 0. The zero-order chi connectivity index (χ0) is 14.2. The zero-order valence-electron chi connectivity index (χ0n) is 13.2. The molecule has 1 aliphatic heterocycles. The molecule has 0 bridgehead atoms. The van der Waals surface area contributed by atoms with Crippen LogP contribution in [-0.2, 0) is 5.41 Å². The number of rotatable bonds is 0. The van der Waals surface area contributed by atoms with Gasteiger partial charge in [0.2, 0.25) is 0 Å². The maximum Gasteiger partial charge on any atom is 0.124 e. The molecule has 1 aromatic rings.